The number of nitrogens with one attached hydrogen (secondary N) is 2. The number of likely N-dealkylation sites (tertiary alicyclic amines) is 1. The van der Waals surface area contributed by atoms with Crippen LogP contribution in [-0.4, -0.2) is 48.6 Å². The van der Waals surface area contributed by atoms with Gasteiger partial charge >= 0.3 is 0 Å². The number of aliphatic imine (C=N–C) groups is 1. The molecule has 0 aliphatic carbocycles. The van der Waals surface area contributed by atoms with Crippen molar-refractivity contribution in [2.45, 2.75) is 38.8 Å². The monoisotopic (exact) mass is 493 g/mol. The average molecular weight is 493 g/mol. The van der Waals surface area contributed by atoms with Crippen LogP contribution in [0.15, 0.2) is 53.7 Å². The third-order valence-electron chi connectivity index (χ3n) is 5.14. The quantitative estimate of drug-likeness (QED) is 0.353. The van der Waals surface area contributed by atoms with Gasteiger partial charge in [-0.05, 0) is 49.9 Å². The summed E-state index contributed by atoms with van der Waals surface area (Å²) in [4.78, 5) is 11.3. The van der Waals surface area contributed by atoms with Crippen molar-refractivity contribution in [3.63, 3.8) is 0 Å². The van der Waals surface area contributed by atoms with E-state index in [1.165, 1.54) is 30.5 Å². The van der Waals surface area contributed by atoms with Gasteiger partial charge in [0.25, 0.3) is 0 Å². The van der Waals surface area contributed by atoms with Gasteiger partial charge in [-0.15, -0.1) is 24.0 Å². The lowest BCUT2D eigenvalue weighted by Crippen LogP contribution is -2.45. The van der Waals surface area contributed by atoms with E-state index < -0.39 is 0 Å². The molecule has 152 valence electrons. The summed E-state index contributed by atoms with van der Waals surface area (Å²) < 4.78 is 0. The van der Waals surface area contributed by atoms with Gasteiger partial charge in [-0.2, -0.15) is 0 Å². The number of aryl methyl sites for hydroxylation is 1. The molecule has 28 heavy (non-hydrogen) atoms. The van der Waals surface area contributed by atoms with Crippen molar-refractivity contribution in [1.29, 1.82) is 0 Å². The Labute approximate surface area is 186 Å². The Hall–Kier alpha value is -1.67. The Morgan fingerprint density at radius 1 is 1.14 bits per heavy atom. The minimum atomic E-state index is 0. The highest BCUT2D eigenvalue weighted by atomic mass is 127. The van der Waals surface area contributed by atoms with Gasteiger partial charge < -0.3 is 10.6 Å². The summed E-state index contributed by atoms with van der Waals surface area (Å²) in [6, 6.07) is 15.5. The molecule has 0 saturated carbocycles. The number of benzene rings is 1. The Morgan fingerprint density at radius 3 is 2.68 bits per heavy atom. The molecule has 1 aliphatic heterocycles. The maximum Gasteiger partial charge on any atom is 0.191 e. The maximum atomic E-state index is 4.36. The molecule has 1 aliphatic rings. The molecule has 2 N–H and O–H groups in total. The van der Waals surface area contributed by atoms with Gasteiger partial charge in [-0.3, -0.25) is 14.9 Å². The van der Waals surface area contributed by atoms with Gasteiger partial charge in [0.15, 0.2) is 5.96 Å². The third kappa shape index (κ3) is 7.05. The van der Waals surface area contributed by atoms with Crippen molar-refractivity contribution in [2.24, 2.45) is 4.99 Å². The molecular weight excluding hydrogens is 461 g/mol. The summed E-state index contributed by atoms with van der Waals surface area (Å²) in [6.45, 7) is 5.99. The van der Waals surface area contributed by atoms with Crippen LogP contribution in [0, 0.1) is 6.92 Å². The van der Waals surface area contributed by atoms with Crippen LogP contribution in [0.3, 0.4) is 0 Å². The minimum Gasteiger partial charge on any atom is -0.356 e. The lowest BCUT2D eigenvalue weighted by molar-refractivity contribution is 0.245. The van der Waals surface area contributed by atoms with E-state index in [9.17, 15) is 0 Å². The first kappa shape index (κ1) is 22.6. The van der Waals surface area contributed by atoms with Crippen LogP contribution < -0.4 is 10.6 Å². The van der Waals surface area contributed by atoms with Crippen molar-refractivity contribution in [1.82, 2.24) is 20.5 Å². The molecule has 1 saturated heterocycles. The number of guanidine groups is 1. The lowest BCUT2D eigenvalue weighted by atomic mass is 10.2. The molecule has 1 atom stereocenters. The highest BCUT2D eigenvalue weighted by Gasteiger charge is 2.24. The molecule has 3 rings (SSSR count). The number of hydrogen-bond acceptors (Lipinski definition) is 3. The molecule has 0 spiro atoms. The fraction of sp³-hybridized carbons (Fsp3) is 0.455. The fourth-order valence-electron chi connectivity index (χ4n) is 3.56. The molecule has 1 aromatic carbocycles. The molecule has 1 unspecified atom stereocenters. The zero-order valence-corrected chi connectivity index (χ0v) is 19.2. The normalized spacial score (nSPS) is 17.2. The van der Waals surface area contributed by atoms with E-state index >= 15 is 0 Å². The summed E-state index contributed by atoms with van der Waals surface area (Å²) in [6.07, 6.45) is 5.40. The van der Waals surface area contributed by atoms with Crippen LogP contribution in [0.2, 0.25) is 0 Å². The number of rotatable bonds is 7. The molecule has 1 fully saturated rings. The molecule has 5 nitrogen and oxygen atoms in total. The summed E-state index contributed by atoms with van der Waals surface area (Å²) in [5.41, 5.74) is 3.69. The van der Waals surface area contributed by atoms with Crippen molar-refractivity contribution in [2.75, 3.05) is 26.7 Å². The number of halogens is 1. The predicted octanol–water partition coefficient (Wildman–Crippen LogP) is 3.38. The minimum absolute atomic E-state index is 0. The zero-order chi connectivity index (χ0) is 18.9. The summed E-state index contributed by atoms with van der Waals surface area (Å²) >= 11 is 0. The highest BCUT2D eigenvalue weighted by Crippen LogP contribution is 2.19. The first-order chi connectivity index (χ1) is 13.2. The Bertz CT molecular complexity index is 717. The number of pyridine rings is 1. The van der Waals surface area contributed by atoms with Crippen LogP contribution in [0.4, 0.5) is 0 Å². The zero-order valence-electron chi connectivity index (χ0n) is 16.9. The van der Waals surface area contributed by atoms with Crippen LogP contribution in [-0.2, 0) is 13.0 Å². The van der Waals surface area contributed by atoms with E-state index in [4.69, 9.17) is 0 Å². The average Bonchev–Trinajstić information content (AvgIpc) is 3.14. The molecule has 2 heterocycles. The second-order valence-corrected chi connectivity index (χ2v) is 7.19. The standard InChI is InChI=1S/C22H31N5.HI/c1-18-10-11-19(15-25-18)12-13-24-22(23-2)26-16-21-9-6-14-27(21)17-20-7-4-3-5-8-20;/h3-5,7-8,10-11,15,21H,6,9,12-14,16-17H2,1-2H3,(H2,23,24,26);1H. The van der Waals surface area contributed by atoms with Gasteiger partial charge in [-0.1, -0.05) is 36.4 Å². The van der Waals surface area contributed by atoms with Crippen LogP contribution >= 0.6 is 24.0 Å². The number of hydrogen-bond donors (Lipinski definition) is 2. The Kier molecular flexibility index (Phi) is 9.70. The van der Waals surface area contributed by atoms with E-state index in [0.29, 0.717) is 6.04 Å². The molecule has 2 aromatic rings. The molecule has 0 bridgehead atoms. The Balaban J connectivity index is 0.00000280. The second-order valence-electron chi connectivity index (χ2n) is 7.19. The molecule has 0 radical (unpaired) electrons. The third-order valence-corrected chi connectivity index (χ3v) is 5.14. The number of nitrogens with zero attached hydrogens (tertiary/aromatic N) is 3. The van der Waals surface area contributed by atoms with E-state index in [0.717, 1.165) is 37.7 Å². The van der Waals surface area contributed by atoms with Crippen molar-refractivity contribution in [3.05, 3.63) is 65.5 Å². The predicted molar refractivity (Wildman–Crippen MR) is 127 cm³/mol. The van der Waals surface area contributed by atoms with Crippen molar-refractivity contribution in [3.8, 4) is 0 Å². The first-order valence-electron chi connectivity index (χ1n) is 9.88. The van der Waals surface area contributed by atoms with E-state index in [-0.39, 0.29) is 24.0 Å². The van der Waals surface area contributed by atoms with E-state index in [1.807, 2.05) is 20.2 Å². The summed E-state index contributed by atoms with van der Waals surface area (Å²) in [5.74, 6) is 0.877. The van der Waals surface area contributed by atoms with Gasteiger partial charge in [0, 0.05) is 44.6 Å². The fourth-order valence-corrected chi connectivity index (χ4v) is 3.56. The maximum absolute atomic E-state index is 4.36. The van der Waals surface area contributed by atoms with E-state index in [1.54, 1.807) is 0 Å². The van der Waals surface area contributed by atoms with Gasteiger partial charge in [0.2, 0.25) is 0 Å². The van der Waals surface area contributed by atoms with Gasteiger partial charge in [0.1, 0.15) is 0 Å². The van der Waals surface area contributed by atoms with Crippen LogP contribution in [0.25, 0.3) is 0 Å². The highest BCUT2D eigenvalue weighted by molar-refractivity contribution is 14.0. The van der Waals surface area contributed by atoms with E-state index in [2.05, 4.69) is 68.0 Å². The molecule has 1 aromatic heterocycles. The van der Waals surface area contributed by atoms with Crippen LogP contribution in [0.5, 0.6) is 0 Å². The first-order valence-corrected chi connectivity index (χ1v) is 9.88. The second kappa shape index (κ2) is 12.0. The smallest absolute Gasteiger partial charge is 0.191 e. The topological polar surface area (TPSA) is 52.6 Å². The SMILES string of the molecule is CN=C(NCCc1ccc(C)nc1)NCC1CCCN1Cc1ccccc1.I. The lowest BCUT2D eigenvalue weighted by Gasteiger charge is -2.25. The van der Waals surface area contributed by atoms with Gasteiger partial charge in [0.05, 0.1) is 0 Å². The Morgan fingerprint density at radius 2 is 1.96 bits per heavy atom. The van der Waals surface area contributed by atoms with Gasteiger partial charge in [-0.25, -0.2) is 0 Å². The number of aromatic nitrogens is 1. The van der Waals surface area contributed by atoms with Crippen molar-refractivity contribution >= 4 is 29.9 Å². The largest absolute Gasteiger partial charge is 0.356 e. The van der Waals surface area contributed by atoms with Crippen LogP contribution in [0.1, 0.15) is 29.7 Å². The van der Waals surface area contributed by atoms with Crippen molar-refractivity contribution < 1.29 is 0 Å². The summed E-state index contributed by atoms with van der Waals surface area (Å²) in [7, 11) is 1.83. The molecule has 0 amide bonds. The molecular formula is C22H32IN5. The molecule has 6 heteroatoms. The summed E-state index contributed by atoms with van der Waals surface area (Å²) in [5, 5.41) is 6.92.